The molecule has 0 radical (unpaired) electrons. The van der Waals surface area contributed by atoms with E-state index in [1.165, 1.54) is 25.9 Å². The first-order valence-corrected chi connectivity index (χ1v) is 7.25. The van der Waals surface area contributed by atoms with Gasteiger partial charge in [-0.2, -0.15) is 0 Å². The maximum Gasteiger partial charge on any atom is 0.0597 e. The van der Waals surface area contributed by atoms with Gasteiger partial charge in [0.05, 0.1) is 6.61 Å². The molecule has 108 valence electrons. The lowest BCUT2D eigenvalue weighted by molar-refractivity contribution is 0.150. The SMILES string of the molecule is CC(C)NC(CO)CN(C)CC1CCN(C)CC1. The van der Waals surface area contributed by atoms with E-state index in [9.17, 15) is 5.11 Å². The van der Waals surface area contributed by atoms with Gasteiger partial charge in [0, 0.05) is 25.2 Å². The second-order valence-electron chi connectivity index (χ2n) is 6.17. The first-order valence-electron chi connectivity index (χ1n) is 7.25. The third-order valence-corrected chi connectivity index (χ3v) is 3.73. The highest BCUT2D eigenvalue weighted by Gasteiger charge is 2.19. The molecule has 1 aliphatic heterocycles. The number of hydrogen-bond donors (Lipinski definition) is 2. The third-order valence-electron chi connectivity index (χ3n) is 3.73. The predicted molar refractivity (Wildman–Crippen MR) is 76.9 cm³/mol. The molecule has 0 saturated carbocycles. The minimum atomic E-state index is 0.196. The van der Waals surface area contributed by atoms with Crippen molar-refractivity contribution in [2.45, 2.75) is 38.8 Å². The maximum absolute atomic E-state index is 9.37. The minimum absolute atomic E-state index is 0.196. The zero-order valence-corrected chi connectivity index (χ0v) is 12.5. The van der Waals surface area contributed by atoms with Gasteiger partial charge < -0.3 is 20.2 Å². The first kappa shape index (κ1) is 15.9. The summed E-state index contributed by atoms with van der Waals surface area (Å²) in [5, 5.41) is 12.8. The van der Waals surface area contributed by atoms with Gasteiger partial charge in [-0.15, -0.1) is 0 Å². The van der Waals surface area contributed by atoms with Gasteiger partial charge in [-0.1, -0.05) is 13.8 Å². The molecule has 2 N–H and O–H groups in total. The molecule has 0 aliphatic carbocycles. The lowest BCUT2D eigenvalue weighted by atomic mass is 9.96. The largest absolute Gasteiger partial charge is 0.395 e. The van der Waals surface area contributed by atoms with Crippen LogP contribution in [0.4, 0.5) is 0 Å². The van der Waals surface area contributed by atoms with Crippen LogP contribution in [0.2, 0.25) is 0 Å². The van der Waals surface area contributed by atoms with Crippen LogP contribution in [0.1, 0.15) is 26.7 Å². The van der Waals surface area contributed by atoms with Crippen molar-refractivity contribution in [1.29, 1.82) is 0 Å². The Labute approximate surface area is 112 Å². The Balaban J connectivity index is 2.24. The Morgan fingerprint density at radius 2 is 1.94 bits per heavy atom. The Kier molecular flexibility index (Phi) is 7.15. The Morgan fingerprint density at radius 1 is 1.33 bits per heavy atom. The van der Waals surface area contributed by atoms with Crippen molar-refractivity contribution < 1.29 is 5.11 Å². The first-order chi connectivity index (χ1) is 8.51. The van der Waals surface area contributed by atoms with Crippen molar-refractivity contribution in [1.82, 2.24) is 15.1 Å². The maximum atomic E-state index is 9.37. The molecule has 18 heavy (non-hydrogen) atoms. The molecule has 1 saturated heterocycles. The van der Waals surface area contributed by atoms with Gasteiger partial charge in [0.1, 0.15) is 0 Å². The summed E-state index contributed by atoms with van der Waals surface area (Å²) in [6.45, 7) is 9.01. The summed E-state index contributed by atoms with van der Waals surface area (Å²) >= 11 is 0. The Bertz CT molecular complexity index is 215. The van der Waals surface area contributed by atoms with E-state index in [0.29, 0.717) is 6.04 Å². The Morgan fingerprint density at radius 3 is 2.44 bits per heavy atom. The van der Waals surface area contributed by atoms with Crippen LogP contribution in [0.5, 0.6) is 0 Å². The molecular weight excluding hydrogens is 226 g/mol. The van der Waals surface area contributed by atoms with Gasteiger partial charge in [0.25, 0.3) is 0 Å². The molecule has 4 heteroatoms. The van der Waals surface area contributed by atoms with Gasteiger partial charge in [0.15, 0.2) is 0 Å². The lowest BCUT2D eigenvalue weighted by Gasteiger charge is -2.33. The number of aliphatic hydroxyl groups is 1. The molecule has 0 aromatic rings. The van der Waals surface area contributed by atoms with Crippen molar-refractivity contribution in [3.63, 3.8) is 0 Å². The smallest absolute Gasteiger partial charge is 0.0597 e. The number of likely N-dealkylation sites (tertiary alicyclic amines) is 1. The summed E-state index contributed by atoms with van der Waals surface area (Å²) in [7, 11) is 4.37. The van der Waals surface area contributed by atoms with Crippen LogP contribution in [-0.4, -0.2) is 73.9 Å². The number of piperidine rings is 1. The average molecular weight is 257 g/mol. The van der Waals surface area contributed by atoms with Gasteiger partial charge in [-0.3, -0.25) is 0 Å². The molecule has 1 atom stereocenters. The Hall–Kier alpha value is -0.160. The zero-order valence-electron chi connectivity index (χ0n) is 12.5. The molecule has 0 spiro atoms. The summed E-state index contributed by atoms with van der Waals surface area (Å²) in [5.74, 6) is 0.824. The molecule has 0 amide bonds. The van der Waals surface area contributed by atoms with E-state index in [4.69, 9.17) is 0 Å². The summed E-state index contributed by atoms with van der Waals surface area (Å²) in [4.78, 5) is 4.78. The topological polar surface area (TPSA) is 38.7 Å². The van der Waals surface area contributed by atoms with Crippen LogP contribution in [0, 0.1) is 5.92 Å². The predicted octanol–water partition coefficient (Wildman–Crippen LogP) is 0.619. The average Bonchev–Trinajstić information content (AvgIpc) is 2.30. The van der Waals surface area contributed by atoms with E-state index < -0.39 is 0 Å². The fourth-order valence-corrected chi connectivity index (χ4v) is 2.77. The van der Waals surface area contributed by atoms with Crippen molar-refractivity contribution in [3.05, 3.63) is 0 Å². The fraction of sp³-hybridized carbons (Fsp3) is 1.00. The van der Waals surface area contributed by atoms with Gasteiger partial charge in [-0.25, -0.2) is 0 Å². The molecule has 1 heterocycles. The summed E-state index contributed by atoms with van der Waals surface area (Å²) < 4.78 is 0. The highest BCUT2D eigenvalue weighted by Crippen LogP contribution is 2.16. The molecule has 0 aromatic heterocycles. The summed E-state index contributed by atoms with van der Waals surface area (Å²) in [6, 6.07) is 0.625. The number of rotatable bonds is 7. The van der Waals surface area contributed by atoms with Gasteiger partial charge in [-0.05, 0) is 45.9 Å². The highest BCUT2D eigenvalue weighted by molar-refractivity contribution is 4.76. The monoisotopic (exact) mass is 257 g/mol. The van der Waals surface area contributed by atoms with Crippen LogP contribution in [0.15, 0.2) is 0 Å². The normalized spacial score (nSPS) is 20.8. The van der Waals surface area contributed by atoms with Gasteiger partial charge in [0.2, 0.25) is 0 Å². The van der Waals surface area contributed by atoms with E-state index in [-0.39, 0.29) is 12.6 Å². The third kappa shape index (κ3) is 6.14. The van der Waals surface area contributed by atoms with E-state index in [1.807, 2.05) is 0 Å². The fourth-order valence-electron chi connectivity index (χ4n) is 2.77. The molecule has 1 aliphatic rings. The van der Waals surface area contributed by atoms with Crippen molar-refractivity contribution >= 4 is 0 Å². The molecule has 1 rings (SSSR count). The van der Waals surface area contributed by atoms with Crippen LogP contribution in [0.25, 0.3) is 0 Å². The van der Waals surface area contributed by atoms with Crippen LogP contribution in [0.3, 0.4) is 0 Å². The highest BCUT2D eigenvalue weighted by atomic mass is 16.3. The van der Waals surface area contributed by atoms with Crippen molar-refractivity contribution in [2.75, 3.05) is 46.9 Å². The molecular formula is C14H31N3O. The van der Waals surface area contributed by atoms with Crippen LogP contribution in [-0.2, 0) is 0 Å². The molecule has 0 aromatic carbocycles. The standard InChI is InChI=1S/C14H31N3O/c1-12(2)15-14(11-18)10-17(4)9-13-5-7-16(3)8-6-13/h12-15,18H,5-11H2,1-4H3. The zero-order chi connectivity index (χ0) is 13.5. The second kappa shape index (κ2) is 8.10. The summed E-state index contributed by atoms with van der Waals surface area (Å²) in [5.41, 5.74) is 0. The quantitative estimate of drug-likeness (QED) is 0.701. The van der Waals surface area contributed by atoms with Gasteiger partial charge >= 0.3 is 0 Å². The van der Waals surface area contributed by atoms with E-state index in [1.54, 1.807) is 0 Å². The number of likely N-dealkylation sites (N-methyl/N-ethyl adjacent to an activating group) is 1. The number of hydrogen-bond acceptors (Lipinski definition) is 4. The van der Waals surface area contributed by atoms with Crippen LogP contribution < -0.4 is 5.32 Å². The second-order valence-corrected chi connectivity index (χ2v) is 6.17. The number of nitrogens with one attached hydrogen (secondary N) is 1. The van der Waals surface area contributed by atoms with E-state index in [0.717, 1.165) is 19.0 Å². The molecule has 0 bridgehead atoms. The lowest BCUT2D eigenvalue weighted by Crippen LogP contribution is -2.46. The van der Waals surface area contributed by atoms with Crippen molar-refractivity contribution in [3.8, 4) is 0 Å². The minimum Gasteiger partial charge on any atom is -0.395 e. The van der Waals surface area contributed by atoms with Crippen LogP contribution >= 0.6 is 0 Å². The molecule has 4 nitrogen and oxygen atoms in total. The van der Waals surface area contributed by atoms with E-state index >= 15 is 0 Å². The summed E-state index contributed by atoms with van der Waals surface area (Å²) in [6.07, 6.45) is 2.62. The molecule has 1 fully saturated rings. The van der Waals surface area contributed by atoms with E-state index in [2.05, 4.69) is 43.1 Å². The molecule has 1 unspecified atom stereocenters. The van der Waals surface area contributed by atoms with Crippen molar-refractivity contribution in [2.24, 2.45) is 5.92 Å². The number of nitrogens with zero attached hydrogens (tertiary/aromatic N) is 2. The number of aliphatic hydroxyl groups excluding tert-OH is 1.